The van der Waals surface area contributed by atoms with Gasteiger partial charge >= 0.3 is 6.09 Å². The molecule has 0 radical (unpaired) electrons. The van der Waals surface area contributed by atoms with Crippen molar-refractivity contribution in [1.82, 2.24) is 15.2 Å². The van der Waals surface area contributed by atoms with Gasteiger partial charge in [-0.3, -0.25) is 9.78 Å². The molecule has 28 heavy (non-hydrogen) atoms. The lowest BCUT2D eigenvalue weighted by Crippen LogP contribution is -2.49. The molecule has 2 heterocycles. The molecule has 0 aromatic carbocycles. The molecule has 1 aliphatic heterocycles. The van der Waals surface area contributed by atoms with Gasteiger partial charge in [0.2, 0.25) is 0 Å². The minimum absolute atomic E-state index is 0.136. The standard InChI is InChI=1S/C21H30N4O3/c1-2-28-21(27)25-14-12-24(13-15-25)18-9-11-22-19(16-18)20(26)23-10-8-17-6-4-3-5-7-17/h6,9,11,16H,2-5,7-8,10,12-15H2,1H3,(H,23,26). The molecule has 1 aromatic rings. The minimum Gasteiger partial charge on any atom is -0.450 e. The molecule has 3 rings (SSSR count). The number of hydrogen-bond acceptors (Lipinski definition) is 5. The molecule has 1 aromatic heterocycles. The number of piperazine rings is 1. The molecule has 2 aliphatic rings. The summed E-state index contributed by atoms with van der Waals surface area (Å²) in [6.45, 7) is 5.48. The van der Waals surface area contributed by atoms with Crippen molar-refractivity contribution in [1.29, 1.82) is 0 Å². The third kappa shape index (κ3) is 5.47. The summed E-state index contributed by atoms with van der Waals surface area (Å²) in [6.07, 6.45) is 9.49. The zero-order valence-electron chi connectivity index (χ0n) is 16.7. The van der Waals surface area contributed by atoms with Gasteiger partial charge in [-0.2, -0.15) is 0 Å². The number of pyridine rings is 1. The summed E-state index contributed by atoms with van der Waals surface area (Å²) in [5.41, 5.74) is 2.84. The second-order valence-electron chi connectivity index (χ2n) is 7.19. The molecule has 1 aliphatic carbocycles. The fourth-order valence-corrected chi connectivity index (χ4v) is 3.66. The van der Waals surface area contributed by atoms with Crippen LogP contribution in [0.5, 0.6) is 0 Å². The van der Waals surface area contributed by atoms with Gasteiger partial charge in [0.1, 0.15) is 5.69 Å². The van der Waals surface area contributed by atoms with Crippen LogP contribution >= 0.6 is 0 Å². The van der Waals surface area contributed by atoms with Gasteiger partial charge in [0.25, 0.3) is 5.91 Å². The predicted octanol–water partition coefficient (Wildman–Crippen LogP) is 2.98. The van der Waals surface area contributed by atoms with Gasteiger partial charge in [0.05, 0.1) is 6.61 Å². The molecule has 152 valence electrons. The fourth-order valence-electron chi connectivity index (χ4n) is 3.66. The Kier molecular flexibility index (Phi) is 7.28. The Bertz CT molecular complexity index is 711. The second kappa shape index (κ2) is 10.1. The van der Waals surface area contributed by atoms with Crippen molar-refractivity contribution < 1.29 is 14.3 Å². The number of nitrogens with one attached hydrogen (secondary N) is 1. The zero-order chi connectivity index (χ0) is 19.8. The maximum atomic E-state index is 12.5. The monoisotopic (exact) mass is 386 g/mol. The molecular formula is C21H30N4O3. The van der Waals surface area contributed by atoms with Crippen LogP contribution in [0.3, 0.4) is 0 Å². The van der Waals surface area contributed by atoms with Crippen molar-refractivity contribution in [3.63, 3.8) is 0 Å². The fraction of sp³-hybridized carbons (Fsp3) is 0.571. The number of carbonyl (C=O) groups excluding carboxylic acids is 2. The van der Waals surface area contributed by atoms with Crippen molar-refractivity contribution >= 4 is 17.7 Å². The summed E-state index contributed by atoms with van der Waals surface area (Å²) < 4.78 is 5.06. The summed E-state index contributed by atoms with van der Waals surface area (Å²) in [6, 6.07) is 3.73. The van der Waals surface area contributed by atoms with E-state index in [9.17, 15) is 9.59 Å². The van der Waals surface area contributed by atoms with Crippen LogP contribution in [0, 0.1) is 0 Å². The summed E-state index contributed by atoms with van der Waals surface area (Å²) in [7, 11) is 0. The van der Waals surface area contributed by atoms with E-state index in [0.717, 1.165) is 24.9 Å². The number of allylic oxidation sites excluding steroid dienone is 1. The molecule has 0 atom stereocenters. The average molecular weight is 386 g/mol. The molecule has 1 fully saturated rings. The van der Waals surface area contributed by atoms with E-state index in [1.54, 1.807) is 11.1 Å². The molecule has 0 saturated carbocycles. The first-order chi connectivity index (χ1) is 13.7. The molecule has 1 N–H and O–H groups in total. The Labute approximate surface area is 166 Å². The van der Waals surface area contributed by atoms with Crippen LogP contribution in [-0.2, 0) is 4.74 Å². The average Bonchev–Trinajstić information content (AvgIpc) is 2.75. The Morgan fingerprint density at radius 1 is 1.21 bits per heavy atom. The number of hydrogen-bond donors (Lipinski definition) is 1. The molecule has 0 bridgehead atoms. The maximum absolute atomic E-state index is 12.5. The first-order valence-corrected chi connectivity index (χ1v) is 10.3. The predicted molar refractivity (Wildman–Crippen MR) is 109 cm³/mol. The Hall–Kier alpha value is -2.57. The highest BCUT2D eigenvalue weighted by molar-refractivity contribution is 5.93. The number of ether oxygens (including phenoxy) is 1. The van der Waals surface area contributed by atoms with E-state index in [2.05, 4.69) is 21.3 Å². The lowest BCUT2D eigenvalue weighted by atomic mass is 9.97. The third-order valence-electron chi connectivity index (χ3n) is 5.26. The number of amides is 2. The number of anilines is 1. The SMILES string of the molecule is CCOC(=O)N1CCN(c2ccnc(C(=O)NCCC3=CCCCC3)c2)CC1. The van der Waals surface area contributed by atoms with E-state index < -0.39 is 0 Å². The normalized spacial score (nSPS) is 17.1. The van der Waals surface area contributed by atoms with Crippen molar-refractivity contribution in [2.24, 2.45) is 0 Å². The first kappa shape index (κ1) is 20.2. The van der Waals surface area contributed by atoms with Gasteiger partial charge in [0.15, 0.2) is 0 Å². The van der Waals surface area contributed by atoms with Crippen LogP contribution < -0.4 is 10.2 Å². The summed E-state index contributed by atoms with van der Waals surface area (Å²) in [5.74, 6) is -0.136. The third-order valence-corrected chi connectivity index (χ3v) is 5.26. The van der Waals surface area contributed by atoms with Gasteiger partial charge in [0, 0.05) is 44.6 Å². The topological polar surface area (TPSA) is 74.8 Å². The van der Waals surface area contributed by atoms with Crippen molar-refractivity contribution in [2.45, 2.75) is 39.0 Å². The molecule has 1 saturated heterocycles. The summed E-state index contributed by atoms with van der Waals surface area (Å²) in [4.78, 5) is 32.4. The zero-order valence-corrected chi connectivity index (χ0v) is 16.7. The van der Waals surface area contributed by atoms with E-state index in [1.807, 2.05) is 19.1 Å². The highest BCUT2D eigenvalue weighted by Crippen LogP contribution is 2.20. The number of aromatic nitrogens is 1. The number of carbonyl (C=O) groups is 2. The van der Waals surface area contributed by atoms with E-state index in [1.165, 1.54) is 18.4 Å². The molecule has 7 nitrogen and oxygen atoms in total. The van der Waals surface area contributed by atoms with Crippen molar-refractivity contribution in [3.05, 3.63) is 35.7 Å². The van der Waals surface area contributed by atoms with Gasteiger partial charge in [-0.05, 0) is 51.2 Å². The van der Waals surface area contributed by atoms with E-state index >= 15 is 0 Å². The Morgan fingerprint density at radius 3 is 2.75 bits per heavy atom. The van der Waals surface area contributed by atoms with Gasteiger partial charge in [-0.15, -0.1) is 0 Å². The highest BCUT2D eigenvalue weighted by atomic mass is 16.6. The van der Waals surface area contributed by atoms with Crippen LogP contribution in [-0.4, -0.2) is 61.2 Å². The van der Waals surface area contributed by atoms with Crippen LogP contribution in [0.2, 0.25) is 0 Å². The van der Waals surface area contributed by atoms with Crippen molar-refractivity contribution in [2.75, 3.05) is 44.2 Å². The number of rotatable bonds is 6. The van der Waals surface area contributed by atoms with E-state index in [-0.39, 0.29) is 12.0 Å². The Morgan fingerprint density at radius 2 is 2.04 bits per heavy atom. The van der Waals surface area contributed by atoms with Crippen LogP contribution in [0.1, 0.15) is 49.5 Å². The number of nitrogens with zero attached hydrogens (tertiary/aromatic N) is 3. The Balaban J connectivity index is 1.50. The smallest absolute Gasteiger partial charge is 0.409 e. The second-order valence-corrected chi connectivity index (χ2v) is 7.19. The van der Waals surface area contributed by atoms with Crippen LogP contribution in [0.4, 0.5) is 10.5 Å². The summed E-state index contributed by atoms with van der Waals surface area (Å²) >= 11 is 0. The molecule has 0 unspecified atom stereocenters. The molecule has 7 heteroatoms. The molecular weight excluding hydrogens is 356 g/mol. The highest BCUT2D eigenvalue weighted by Gasteiger charge is 2.22. The molecule has 0 spiro atoms. The summed E-state index contributed by atoms with van der Waals surface area (Å²) in [5, 5.41) is 2.98. The lowest BCUT2D eigenvalue weighted by Gasteiger charge is -2.35. The van der Waals surface area contributed by atoms with E-state index in [4.69, 9.17) is 4.74 Å². The minimum atomic E-state index is -0.259. The van der Waals surface area contributed by atoms with Crippen LogP contribution in [0.25, 0.3) is 0 Å². The molecule has 2 amide bonds. The van der Waals surface area contributed by atoms with Gasteiger partial charge in [-0.1, -0.05) is 11.6 Å². The largest absolute Gasteiger partial charge is 0.450 e. The lowest BCUT2D eigenvalue weighted by molar-refractivity contribution is 0.0949. The first-order valence-electron chi connectivity index (χ1n) is 10.3. The van der Waals surface area contributed by atoms with E-state index in [0.29, 0.717) is 45.0 Å². The quantitative estimate of drug-likeness (QED) is 0.761. The maximum Gasteiger partial charge on any atom is 0.409 e. The van der Waals surface area contributed by atoms with Gasteiger partial charge in [-0.25, -0.2) is 4.79 Å². The van der Waals surface area contributed by atoms with Crippen molar-refractivity contribution in [3.8, 4) is 0 Å². The van der Waals surface area contributed by atoms with Crippen LogP contribution in [0.15, 0.2) is 30.0 Å². The van der Waals surface area contributed by atoms with Gasteiger partial charge < -0.3 is 19.9 Å².